The fourth-order valence-electron chi connectivity index (χ4n) is 3.30. The van der Waals surface area contributed by atoms with Gasteiger partial charge in [0.05, 0.1) is 0 Å². The largest absolute Gasteiger partial charge is 0.308 e. The quantitative estimate of drug-likeness (QED) is 0.769. The van der Waals surface area contributed by atoms with E-state index >= 15 is 0 Å². The second-order valence-electron chi connectivity index (χ2n) is 6.37. The second-order valence-corrected chi connectivity index (χ2v) is 8.38. The lowest BCUT2D eigenvalue weighted by Gasteiger charge is -2.22. The fourth-order valence-corrected chi connectivity index (χ4v) is 4.86. The number of rotatable bonds is 7. The van der Waals surface area contributed by atoms with Gasteiger partial charge in [-0.1, -0.05) is 12.1 Å². The molecule has 4 rings (SSSR count). The molecule has 2 heterocycles. The molecule has 0 amide bonds. The summed E-state index contributed by atoms with van der Waals surface area (Å²) in [5.41, 5.74) is 0.685. The first-order valence-corrected chi connectivity index (χ1v) is 9.41. The summed E-state index contributed by atoms with van der Waals surface area (Å²) in [6.45, 7) is 1.23. The standard InChI is InChI=1S/C17H21NS2/c1-3-14(19-9-1)11-15(16-4-2-10-20-16)18-12-17(7-8-17)13-5-6-13/h1-4,9-10,13,15,18H,5-8,11-12H2. The number of hydrogen-bond acceptors (Lipinski definition) is 3. The highest BCUT2D eigenvalue weighted by Crippen LogP contribution is 2.61. The van der Waals surface area contributed by atoms with Gasteiger partial charge in [-0.15, -0.1) is 22.7 Å². The predicted molar refractivity (Wildman–Crippen MR) is 87.5 cm³/mol. The summed E-state index contributed by atoms with van der Waals surface area (Å²) in [6.07, 6.45) is 7.02. The molecule has 0 aliphatic heterocycles. The van der Waals surface area contributed by atoms with Crippen LogP contribution in [0.1, 0.15) is 41.5 Å². The van der Waals surface area contributed by atoms with Crippen molar-refractivity contribution in [2.75, 3.05) is 6.54 Å². The van der Waals surface area contributed by atoms with Crippen LogP contribution in [0, 0.1) is 11.3 Å². The van der Waals surface area contributed by atoms with Gasteiger partial charge >= 0.3 is 0 Å². The van der Waals surface area contributed by atoms with Crippen LogP contribution in [0.4, 0.5) is 0 Å². The molecule has 2 aromatic rings. The Morgan fingerprint density at radius 1 is 1.15 bits per heavy atom. The average Bonchev–Trinajstić information content (AvgIpc) is 3.34. The molecule has 3 heteroatoms. The number of thiophene rings is 2. The molecule has 2 saturated carbocycles. The topological polar surface area (TPSA) is 12.0 Å². The zero-order valence-electron chi connectivity index (χ0n) is 11.7. The van der Waals surface area contributed by atoms with Crippen molar-refractivity contribution in [1.29, 1.82) is 0 Å². The third kappa shape index (κ3) is 2.72. The summed E-state index contributed by atoms with van der Waals surface area (Å²) in [7, 11) is 0. The number of hydrogen-bond donors (Lipinski definition) is 1. The highest BCUT2D eigenvalue weighted by atomic mass is 32.1. The molecule has 0 saturated heterocycles. The molecule has 1 N–H and O–H groups in total. The van der Waals surface area contributed by atoms with Crippen molar-refractivity contribution < 1.29 is 0 Å². The molecule has 2 aliphatic carbocycles. The molecule has 1 atom stereocenters. The first-order chi connectivity index (χ1) is 9.86. The van der Waals surface area contributed by atoms with Crippen LogP contribution in [0.3, 0.4) is 0 Å². The van der Waals surface area contributed by atoms with Crippen LogP contribution in [0.2, 0.25) is 0 Å². The van der Waals surface area contributed by atoms with E-state index in [9.17, 15) is 0 Å². The van der Waals surface area contributed by atoms with Gasteiger partial charge in [0.2, 0.25) is 0 Å². The van der Waals surface area contributed by atoms with Crippen molar-refractivity contribution in [3.05, 3.63) is 44.8 Å². The van der Waals surface area contributed by atoms with E-state index in [2.05, 4.69) is 40.3 Å². The lowest BCUT2D eigenvalue weighted by molar-refractivity contribution is 0.375. The van der Waals surface area contributed by atoms with Gasteiger partial charge in [-0.3, -0.25) is 0 Å². The average molecular weight is 303 g/mol. The van der Waals surface area contributed by atoms with Crippen LogP contribution in [-0.2, 0) is 6.42 Å². The van der Waals surface area contributed by atoms with Crippen molar-refractivity contribution in [2.24, 2.45) is 11.3 Å². The van der Waals surface area contributed by atoms with E-state index in [4.69, 9.17) is 0 Å². The molecule has 106 valence electrons. The van der Waals surface area contributed by atoms with Gasteiger partial charge in [0.25, 0.3) is 0 Å². The van der Waals surface area contributed by atoms with E-state index < -0.39 is 0 Å². The van der Waals surface area contributed by atoms with E-state index in [1.165, 1.54) is 42.0 Å². The van der Waals surface area contributed by atoms with Crippen molar-refractivity contribution >= 4 is 22.7 Å². The maximum absolute atomic E-state index is 3.90. The Labute approximate surface area is 129 Å². The molecule has 0 aromatic carbocycles. The molecule has 0 radical (unpaired) electrons. The van der Waals surface area contributed by atoms with Crippen molar-refractivity contribution in [3.8, 4) is 0 Å². The minimum Gasteiger partial charge on any atom is -0.308 e. The Bertz CT molecular complexity index is 536. The van der Waals surface area contributed by atoms with Crippen molar-refractivity contribution in [1.82, 2.24) is 5.32 Å². The van der Waals surface area contributed by atoms with Gasteiger partial charge in [0, 0.05) is 28.8 Å². The summed E-state index contributed by atoms with van der Waals surface area (Å²) in [5.74, 6) is 1.04. The molecule has 2 aliphatic rings. The van der Waals surface area contributed by atoms with E-state index in [1.54, 1.807) is 0 Å². The second kappa shape index (κ2) is 5.28. The van der Waals surface area contributed by atoms with Crippen LogP contribution in [0.15, 0.2) is 35.0 Å². The molecule has 0 spiro atoms. The van der Waals surface area contributed by atoms with E-state index in [0.29, 0.717) is 11.5 Å². The van der Waals surface area contributed by atoms with E-state index in [0.717, 1.165) is 12.3 Å². The van der Waals surface area contributed by atoms with Gasteiger partial charge in [-0.05, 0) is 59.9 Å². The Morgan fingerprint density at radius 2 is 1.95 bits per heavy atom. The third-order valence-corrected chi connectivity index (χ3v) is 6.79. The Morgan fingerprint density at radius 3 is 2.55 bits per heavy atom. The minimum atomic E-state index is 0.505. The summed E-state index contributed by atoms with van der Waals surface area (Å²) >= 11 is 3.77. The molecular weight excluding hydrogens is 282 g/mol. The normalized spacial score (nSPS) is 21.8. The van der Waals surface area contributed by atoms with Gasteiger partial charge < -0.3 is 5.32 Å². The van der Waals surface area contributed by atoms with Crippen LogP contribution >= 0.6 is 22.7 Å². The zero-order chi connectivity index (χ0) is 13.4. The third-order valence-electron chi connectivity index (χ3n) is 4.91. The SMILES string of the molecule is c1csc(CC(NCC2(C3CC3)CC2)c2cccs2)c1. The van der Waals surface area contributed by atoms with Gasteiger partial charge in [-0.2, -0.15) is 0 Å². The molecule has 2 fully saturated rings. The summed E-state index contributed by atoms with van der Waals surface area (Å²) in [4.78, 5) is 2.98. The molecule has 2 aromatic heterocycles. The first kappa shape index (κ1) is 13.1. The van der Waals surface area contributed by atoms with E-state index in [-0.39, 0.29) is 0 Å². The summed E-state index contributed by atoms with van der Waals surface area (Å²) in [5, 5.41) is 8.29. The van der Waals surface area contributed by atoms with E-state index in [1.807, 2.05) is 22.7 Å². The Hall–Kier alpha value is -0.640. The Balaban J connectivity index is 1.44. The highest BCUT2D eigenvalue weighted by molar-refractivity contribution is 7.10. The van der Waals surface area contributed by atoms with Crippen LogP contribution in [-0.4, -0.2) is 6.54 Å². The lowest BCUT2D eigenvalue weighted by atomic mass is 9.99. The van der Waals surface area contributed by atoms with Crippen LogP contribution in [0.25, 0.3) is 0 Å². The van der Waals surface area contributed by atoms with Gasteiger partial charge in [-0.25, -0.2) is 0 Å². The molecular formula is C17H21NS2. The van der Waals surface area contributed by atoms with Crippen molar-refractivity contribution in [3.63, 3.8) is 0 Å². The zero-order valence-corrected chi connectivity index (χ0v) is 13.3. The van der Waals surface area contributed by atoms with Crippen LogP contribution in [0.5, 0.6) is 0 Å². The maximum Gasteiger partial charge on any atom is 0.0463 e. The summed E-state index contributed by atoms with van der Waals surface area (Å²) in [6, 6.07) is 9.40. The highest BCUT2D eigenvalue weighted by Gasteiger charge is 2.53. The minimum absolute atomic E-state index is 0.505. The lowest BCUT2D eigenvalue weighted by Crippen LogP contribution is -2.30. The van der Waals surface area contributed by atoms with Crippen LogP contribution < -0.4 is 5.32 Å². The summed E-state index contributed by atoms with van der Waals surface area (Å²) < 4.78 is 0. The first-order valence-electron chi connectivity index (χ1n) is 7.65. The molecule has 0 bridgehead atoms. The number of nitrogens with one attached hydrogen (secondary N) is 1. The molecule has 20 heavy (non-hydrogen) atoms. The van der Waals surface area contributed by atoms with Crippen molar-refractivity contribution in [2.45, 2.75) is 38.1 Å². The monoisotopic (exact) mass is 303 g/mol. The predicted octanol–water partition coefficient (Wildman–Crippen LogP) is 4.87. The molecule has 1 nitrogen and oxygen atoms in total. The smallest absolute Gasteiger partial charge is 0.0463 e. The maximum atomic E-state index is 3.90. The molecule has 1 unspecified atom stereocenters. The fraction of sp³-hybridized carbons (Fsp3) is 0.529. The Kier molecular flexibility index (Phi) is 3.45. The van der Waals surface area contributed by atoms with Gasteiger partial charge in [0.1, 0.15) is 0 Å². The van der Waals surface area contributed by atoms with Gasteiger partial charge in [0.15, 0.2) is 0 Å².